The highest BCUT2D eigenvalue weighted by atomic mass is 16.2. The number of carbonyl (C=O) groups excluding carboxylic acids is 1. The number of rotatable bonds is 4. The lowest BCUT2D eigenvalue weighted by atomic mass is 10.1. The number of fused-ring (bicyclic) bond motifs is 1. The summed E-state index contributed by atoms with van der Waals surface area (Å²) in [4.78, 5) is 19.0. The van der Waals surface area contributed by atoms with E-state index in [9.17, 15) is 4.79 Å². The second-order valence-corrected chi connectivity index (χ2v) is 6.34. The predicted octanol–water partition coefficient (Wildman–Crippen LogP) is 1.82. The van der Waals surface area contributed by atoms with Gasteiger partial charge in [-0.1, -0.05) is 30.3 Å². The fraction of sp³-hybridized carbons (Fsp3) is 0.333. The van der Waals surface area contributed by atoms with Gasteiger partial charge in [0.15, 0.2) is 11.6 Å². The first-order valence-electron chi connectivity index (χ1n) is 8.39. The molecule has 0 radical (unpaired) electrons. The van der Waals surface area contributed by atoms with Crippen LogP contribution in [0.15, 0.2) is 42.7 Å². The van der Waals surface area contributed by atoms with Gasteiger partial charge in [-0.05, 0) is 18.9 Å². The number of aromatic nitrogens is 5. The average Bonchev–Trinajstić information content (AvgIpc) is 3.23. The Hall–Kier alpha value is -2.96. The van der Waals surface area contributed by atoms with Crippen LogP contribution in [0.5, 0.6) is 0 Å². The lowest BCUT2D eigenvalue weighted by Crippen LogP contribution is -2.42. The molecule has 0 aliphatic carbocycles. The van der Waals surface area contributed by atoms with Crippen LogP contribution < -0.4 is 0 Å². The molecule has 7 heteroatoms. The summed E-state index contributed by atoms with van der Waals surface area (Å²) in [5.74, 6) is 2.26. The quantitative estimate of drug-likeness (QED) is 0.729. The van der Waals surface area contributed by atoms with Crippen LogP contribution >= 0.6 is 0 Å². The van der Waals surface area contributed by atoms with E-state index in [1.807, 2.05) is 52.4 Å². The second kappa shape index (κ2) is 6.16. The highest BCUT2D eigenvalue weighted by Crippen LogP contribution is 2.27. The molecule has 0 unspecified atom stereocenters. The molecule has 0 spiro atoms. The summed E-state index contributed by atoms with van der Waals surface area (Å²) in [7, 11) is 1.91. The summed E-state index contributed by atoms with van der Waals surface area (Å²) in [6.45, 7) is 3.06. The molecular weight excluding hydrogens is 316 g/mol. The van der Waals surface area contributed by atoms with E-state index in [4.69, 9.17) is 0 Å². The van der Waals surface area contributed by atoms with Crippen molar-refractivity contribution in [3.8, 4) is 11.6 Å². The van der Waals surface area contributed by atoms with E-state index in [0.29, 0.717) is 18.9 Å². The molecule has 0 fully saturated rings. The van der Waals surface area contributed by atoms with E-state index in [-0.39, 0.29) is 11.9 Å². The van der Waals surface area contributed by atoms with Crippen molar-refractivity contribution in [3.63, 3.8) is 0 Å². The first-order valence-corrected chi connectivity index (χ1v) is 8.39. The molecule has 4 rings (SSSR count). The third-order valence-electron chi connectivity index (χ3n) is 4.69. The van der Waals surface area contributed by atoms with Gasteiger partial charge in [0.2, 0.25) is 11.7 Å². The molecule has 0 saturated carbocycles. The van der Waals surface area contributed by atoms with Crippen molar-refractivity contribution >= 4 is 5.91 Å². The Morgan fingerprint density at radius 1 is 1.16 bits per heavy atom. The van der Waals surface area contributed by atoms with Crippen LogP contribution in [-0.4, -0.2) is 41.7 Å². The maximum Gasteiger partial charge on any atom is 0.245 e. The molecule has 3 aromatic rings. The van der Waals surface area contributed by atoms with E-state index in [1.54, 1.807) is 6.20 Å². The zero-order valence-corrected chi connectivity index (χ0v) is 14.3. The van der Waals surface area contributed by atoms with E-state index in [0.717, 1.165) is 18.1 Å². The second-order valence-electron chi connectivity index (χ2n) is 6.34. The number of aryl methyl sites for hydroxylation is 1. The van der Waals surface area contributed by atoms with Crippen molar-refractivity contribution in [1.82, 2.24) is 29.2 Å². The van der Waals surface area contributed by atoms with Gasteiger partial charge < -0.3 is 9.47 Å². The Balaban J connectivity index is 1.58. The number of benzene rings is 1. The third kappa shape index (κ3) is 2.71. The highest BCUT2D eigenvalue weighted by Gasteiger charge is 2.34. The molecule has 0 N–H and O–H groups in total. The number of hydrogen-bond acceptors (Lipinski definition) is 4. The molecule has 1 atom stereocenters. The minimum absolute atomic E-state index is 0.0960. The SMILES string of the molecule is C[C@@H]1C(=O)N(CCc2ccccc2)Cc2nnc(-c3nccn3C)n21. The number of amides is 1. The van der Waals surface area contributed by atoms with Gasteiger partial charge in [0.05, 0.1) is 6.54 Å². The van der Waals surface area contributed by atoms with Gasteiger partial charge in [0.1, 0.15) is 6.04 Å². The molecular formula is C18H20N6O. The Morgan fingerprint density at radius 3 is 2.68 bits per heavy atom. The van der Waals surface area contributed by atoms with Crippen molar-refractivity contribution in [2.75, 3.05) is 6.54 Å². The fourth-order valence-corrected chi connectivity index (χ4v) is 3.29. The maximum absolute atomic E-state index is 12.8. The third-order valence-corrected chi connectivity index (χ3v) is 4.69. The number of carbonyl (C=O) groups is 1. The first-order chi connectivity index (χ1) is 12.1. The lowest BCUT2D eigenvalue weighted by Gasteiger charge is -2.32. The predicted molar refractivity (Wildman–Crippen MR) is 92.5 cm³/mol. The van der Waals surface area contributed by atoms with E-state index in [2.05, 4.69) is 27.3 Å². The smallest absolute Gasteiger partial charge is 0.245 e. The van der Waals surface area contributed by atoms with Crippen molar-refractivity contribution in [3.05, 3.63) is 54.1 Å². The average molecular weight is 336 g/mol. The van der Waals surface area contributed by atoms with Crippen molar-refractivity contribution in [1.29, 1.82) is 0 Å². The zero-order valence-electron chi connectivity index (χ0n) is 14.3. The number of imidazole rings is 1. The van der Waals surface area contributed by atoms with Gasteiger partial charge in [-0.2, -0.15) is 0 Å². The van der Waals surface area contributed by atoms with Gasteiger partial charge in [-0.15, -0.1) is 10.2 Å². The maximum atomic E-state index is 12.8. The van der Waals surface area contributed by atoms with E-state index in [1.165, 1.54) is 5.56 Å². The van der Waals surface area contributed by atoms with E-state index < -0.39 is 0 Å². The molecule has 1 aliphatic heterocycles. The van der Waals surface area contributed by atoms with Crippen LogP contribution in [0, 0.1) is 0 Å². The van der Waals surface area contributed by atoms with Crippen LogP contribution in [0.1, 0.15) is 24.4 Å². The largest absolute Gasteiger partial charge is 0.333 e. The van der Waals surface area contributed by atoms with Gasteiger partial charge in [-0.3, -0.25) is 9.36 Å². The summed E-state index contributed by atoms with van der Waals surface area (Å²) in [6.07, 6.45) is 4.41. The highest BCUT2D eigenvalue weighted by molar-refractivity contribution is 5.81. The normalized spacial score (nSPS) is 17.0. The minimum Gasteiger partial charge on any atom is -0.333 e. The molecule has 128 valence electrons. The van der Waals surface area contributed by atoms with Crippen molar-refractivity contribution < 1.29 is 4.79 Å². The fourth-order valence-electron chi connectivity index (χ4n) is 3.29. The summed E-state index contributed by atoms with van der Waals surface area (Å²) >= 11 is 0. The van der Waals surface area contributed by atoms with Gasteiger partial charge in [0.25, 0.3) is 0 Å². The van der Waals surface area contributed by atoms with Gasteiger partial charge in [-0.25, -0.2) is 4.98 Å². The summed E-state index contributed by atoms with van der Waals surface area (Å²) in [6, 6.07) is 9.87. The van der Waals surface area contributed by atoms with Crippen LogP contribution in [0.3, 0.4) is 0 Å². The monoisotopic (exact) mass is 336 g/mol. The summed E-state index contributed by atoms with van der Waals surface area (Å²) in [5, 5.41) is 8.60. The van der Waals surface area contributed by atoms with Gasteiger partial charge in [0, 0.05) is 26.0 Å². The summed E-state index contributed by atoms with van der Waals surface area (Å²) in [5.41, 5.74) is 1.23. The lowest BCUT2D eigenvalue weighted by molar-refractivity contribution is -0.136. The van der Waals surface area contributed by atoms with Crippen molar-refractivity contribution in [2.24, 2.45) is 7.05 Å². The van der Waals surface area contributed by atoms with Gasteiger partial charge >= 0.3 is 0 Å². The van der Waals surface area contributed by atoms with Crippen LogP contribution in [0.25, 0.3) is 11.6 Å². The zero-order chi connectivity index (χ0) is 17.4. The summed E-state index contributed by atoms with van der Waals surface area (Å²) < 4.78 is 3.79. The number of hydrogen-bond donors (Lipinski definition) is 0. The molecule has 0 saturated heterocycles. The Bertz CT molecular complexity index is 897. The molecule has 2 aromatic heterocycles. The standard InChI is InChI=1S/C18H20N6O/c1-13-18(25)23(10-8-14-6-4-3-5-7-14)12-15-20-21-17(24(13)15)16-19-9-11-22(16)2/h3-7,9,11,13H,8,10,12H2,1-2H3/t13-/m1/s1. The first kappa shape index (κ1) is 15.6. The van der Waals surface area contributed by atoms with Crippen molar-refractivity contribution in [2.45, 2.75) is 25.9 Å². The molecule has 1 aliphatic rings. The van der Waals surface area contributed by atoms with Crippen LogP contribution in [0.2, 0.25) is 0 Å². The Kier molecular flexibility index (Phi) is 3.83. The molecule has 7 nitrogen and oxygen atoms in total. The number of nitrogens with zero attached hydrogens (tertiary/aromatic N) is 6. The topological polar surface area (TPSA) is 68.8 Å². The molecule has 1 aromatic carbocycles. The molecule has 1 amide bonds. The minimum atomic E-state index is -0.332. The van der Waals surface area contributed by atoms with E-state index >= 15 is 0 Å². The Labute approximate surface area is 145 Å². The van der Waals surface area contributed by atoms with Crippen LogP contribution in [-0.2, 0) is 24.8 Å². The Morgan fingerprint density at radius 2 is 1.96 bits per heavy atom. The molecule has 0 bridgehead atoms. The van der Waals surface area contributed by atoms with Crippen LogP contribution in [0.4, 0.5) is 0 Å². The molecule has 3 heterocycles. The molecule has 25 heavy (non-hydrogen) atoms.